The van der Waals surface area contributed by atoms with Crippen molar-refractivity contribution in [3.05, 3.63) is 87.9 Å². The number of carbonyl (C=O) groups excluding carboxylic acids is 3. The van der Waals surface area contributed by atoms with E-state index in [0.717, 1.165) is 42.0 Å². The molecule has 3 aliphatic rings. The molecule has 2 aromatic rings. The van der Waals surface area contributed by atoms with Gasteiger partial charge in [-0.2, -0.15) is 0 Å². The number of benzene rings is 2. The summed E-state index contributed by atoms with van der Waals surface area (Å²) in [6.07, 6.45) is 2.11. The first kappa shape index (κ1) is 30.5. The third-order valence-corrected chi connectivity index (χ3v) is 9.38. The highest BCUT2D eigenvalue weighted by atomic mass is 16.3. The molecule has 0 amide bonds. The summed E-state index contributed by atoms with van der Waals surface area (Å²) in [5, 5.41) is 45.3. The average molecular weight is 585 g/mol. The Kier molecular flexibility index (Phi) is 7.76. The van der Waals surface area contributed by atoms with Gasteiger partial charge in [-0.15, -0.1) is 0 Å². The monoisotopic (exact) mass is 584 g/mol. The molecule has 2 aromatic carbocycles. The average Bonchev–Trinajstić information content (AvgIpc) is 2.90. The fourth-order valence-electron chi connectivity index (χ4n) is 7.61. The highest BCUT2D eigenvalue weighted by Crippen LogP contribution is 2.55. The van der Waals surface area contributed by atoms with Crippen LogP contribution in [0.5, 0.6) is 5.75 Å². The molecule has 3 aliphatic carbocycles. The molecule has 7 nitrogen and oxygen atoms in total. The van der Waals surface area contributed by atoms with E-state index in [1.807, 2.05) is 38.1 Å². The third-order valence-electron chi connectivity index (χ3n) is 9.38. The van der Waals surface area contributed by atoms with E-state index in [1.165, 1.54) is 6.07 Å². The van der Waals surface area contributed by atoms with E-state index in [2.05, 4.69) is 20.4 Å². The van der Waals surface area contributed by atoms with Crippen LogP contribution in [0, 0.1) is 29.6 Å². The molecule has 43 heavy (non-hydrogen) atoms. The predicted molar refractivity (Wildman–Crippen MR) is 164 cm³/mol. The summed E-state index contributed by atoms with van der Waals surface area (Å²) in [5.74, 6) is -5.98. The number of ketones is 3. The number of hydrogen-bond acceptors (Lipinski definition) is 7. The van der Waals surface area contributed by atoms with Crippen molar-refractivity contribution in [2.24, 2.45) is 29.6 Å². The van der Waals surface area contributed by atoms with Crippen molar-refractivity contribution in [2.75, 3.05) is 0 Å². The number of rotatable bonds is 7. The van der Waals surface area contributed by atoms with Crippen molar-refractivity contribution in [1.29, 1.82) is 0 Å². The molecule has 0 saturated heterocycles. The number of fused-ring (bicyclic) bond motifs is 3. The number of aliphatic hydroxyl groups is 3. The zero-order valence-corrected chi connectivity index (χ0v) is 25.4. The van der Waals surface area contributed by atoms with Crippen molar-refractivity contribution in [3.8, 4) is 16.9 Å². The molecule has 0 fully saturated rings. The van der Waals surface area contributed by atoms with Gasteiger partial charge in [0.15, 0.2) is 17.2 Å². The molecule has 0 aromatic heterocycles. The number of Topliss-reactive ketones (excluding diaryl/α,β-unsaturated/α-hetero) is 3. The van der Waals surface area contributed by atoms with Gasteiger partial charge in [-0.25, -0.2) is 0 Å². The summed E-state index contributed by atoms with van der Waals surface area (Å²) in [6, 6.07) is 11.3. The molecule has 4 atom stereocenters. The maximum Gasteiger partial charge on any atom is 0.209 e. The van der Waals surface area contributed by atoms with Crippen LogP contribution in [0.2, 0.25) is 0 Å². The Morgan fingerprint density at radius 1 is 1.02 bits per heavy atom. The number of aromatic hydroxyl groups is 1. The number of aliphatic hydroxyl groups excluding tert-OH is 2. The zero-order valence-electron chi connectivity index (χ0n) is 25.4. The van der Waals surface area contributed by atoms with Crippen LogP contribution in [0.3, 0.4) is 0 Å². The van der Waals surface area contributed by atoms with Crippen molar-refractivity contribution in [1.82, 2.24) is 0 Å². The normalized spacial score (nSPS) is 25.2. The van der Waals surface area contributed by atoms with Crippen LogP contribution < -0.4 is 0 Å². The lowest BCUT2D eigenvalue weighted by Gasteiger charge is -2.50. The Labute approximate surface area is 252 Å². The molecule has 5 rings (SSSR count). The summed E-state index contributed by atoms with van der Waals surface area (Å²) in [4.78, 5) is 40.0. The lowest BCUT2D eigenvalue weighted by Crippen LogP contribution is -2.60. The Morgan fingerprint density at radius 2 is 1.67 bits per heavy atom. The number of phenols is 1. The molecule has 0 saturated carbocycles. The molecule has 0 bridgehead atoms. The second-order valence-corrected chi connectivity index (χ2v) is 13.2. The van der Waals surface area contributed by atoms with Gasteiger partial charge in [-0.1, -0.05) is 70.2 Å². The number of phenolic OH excluding ortho intramolecular Hbond substituents is 1. The summed E-state index contributed by atoms with van der Waals surface area (Å²) in [6.45, 7) is 13.3. The number of allylic oxidation sites excluding steroid dienone is 3. The van der Waals surface area contributed by atoms with Gasteiger partial charge in [0.2, 0.25) is 5.78 Å². The predicted octanol–water partition coefficient (Wildman–Crippen LogP) is 6.38. The number of carbonyl (C=O) groups is 3. The molecule has 0 spiro atoms. The molecular weight excluding hydrogens is 544 g/mol. The minimum absolute atomic E-state index is 0.0283. The minimum atomic E-state index is -2.54. The van der Waals surface area contributed by atoms with Crippen LogP contribution in [0.15, 0.2) is 71.2 Å². The van der Waals surface area contributed by atoms with E-state index in [4.69, 9.17) is 0 Å². The Bertz CT molecular complexity index is 1600. The maximum atomic E-state index is 14.0. The van der Waals surface area contributed by atoms with Gasteiger partial charge in [0.1, 0.15) is 22.8 Å². The van der Waals surface area contributed by atoms with Crippen molar-refractivity contribution in [3.63, 3.8) is 0 Å². The van der Waals surface area contributed by atoms with Gasteiger partial charge in [0, 0.05) is 17.4 Å². The summed E-state index contributed by atoms with van der Waals surface area (Å²) in [5.41, 5.74) is 1.36. The lowest BCUT2D eigenvalue weighted by atomic mass is 9.55. The SMILES string of the molecule is C=C(Cc1ccc(-c2ccc(O)c3c2CC2CC4C(C(C)C)C(O)=C(C(C)=O)C(=O)C4(O)C(O)=C2C3=O)cc1)CC(C)C. The standard InChI is InChI=1S/C36H40O7/c1-17(2)13-19(5)14-21-7-9-22(10-8-21)24-11-12-27(38)31-25(24)15-23-16-26-28(18(3)4)32(39)29(20(6)37)34(41)36(26,43)35(42)30(23)33(31)40/h7-12,17-18,23,26,28,38-39,42-43H,5,13-16H2,1-4,6H3. The minimum Gasteiger partial charge on any atom is -0.511 e. The fourth-order valence-corrected chi connectivity index (χ4v) is 7.61. The lowest BCUT2D eigenvalue weighted by molar-refractivity contribution is -0.149. The van der Waals surface area contributed by atoms with Gasteiger partial charge in [-0.05, 0) is 78.7 Å². The van der Waals surface area contributed by atoms with Crippen LogP contribution in [-0.2, 0) is 22.4 Å². The highest BCUT2D eigenvalue weighted by molar-refractivity contribution is 6.25. The maximum absolute atomic E-state index is 14.0. The summed E-state index contributed by atoms with van der Waals surface area (Å²) >= 11 is 0. The third kappa shape index (κ3) is 4.84. The first-order valence-electron chi connectivity index (χ1n) is 15.0. The van der Waals surface area contributed by atoms with Crippen molar-refractivity contribution >= 4 is 17.3 Å². The van der Waals surface area contributed by atoms with Gasteiger partial charge >= 0.3 is 0 Å². The Balaban J connectivity index is 1.59. The summed E-state index contributed by atoms with van der Waals surface area (Å²) < 4.78 is 0. The topological polar surface area (TPSA) is 132 Å². The Hall–Kier alpha value is -3.97. The van der Waals surface area contributed by atoms with E-state index < -0.39 is 52.0 Å². The number of hydrogen-bond donors (Lipinski definition) is 4. The van der Waals surface area contributed by atoms with E-state index in [9.17, 15) is 34.8 Å². The molecule has 4 N–H and O–H groups in total. The van der Waals surface area contributed by atoms with Crippen LogP contribution in [0.4, 0.5) is 0 Å². The second kappa shape index (κ2) is 10.9. The molecule has 4 unspecified atom stereocenters. The van der Waals surface area contributed by atoms with Crippen LogP contribution >= 0.6 is 0 Å². The van der Waals surface area contributed by atoms with E-state index in [0.29, 0.717) is 11.5 Å². The largest absolute Gasteiger partial charge is 0.511 e. The first-order valence-corrected chi connectivity index (χ1v) is 15.0. The zero-order chi connectivity index (χ0) is 31.5. The van der Waals surface area contributed by atoms with Gasteiger partial charge < -0.3 is 20.4 Å². The molecule has 7 heteroatoms. The van der Waals surface area contributed by atoms with Crippen molar-refractivity contribution in [2.45, 2.75) is 65.9 Å². The highest BCUT2D eigenvalue weighted by Gasteiger charge is 2.62. The van der Waals surface area contributed by atoms with Crippen molar-refractivity contribution < 1.29 is 34.8 Å². The smallest absolute Gasteiger partial charge is 0.209 e. The first-order chi connectivity index (χ1) is 20.2. The van der Waals surface area contributed by atoms with Crippen LogP contribution in [0.25, 0.3) is 11.1 Å². The molecule has 226 valence electrons. The van der Waals surface area contributed by atoms with Gasteiger partial charge in [0.05, 0.1) is 5.56 Å². The van der Waals surface area contributed by atoms with Crippen LogP contribution in [0.1, 0.15) is 68.9 Å². The van der Waals surface area contributed by atoms with E-state index >= 15 is 0 Å². The molecule has 0 aliphatic heterocycles. The molecule has 0 radical (unpaired) electrons. The Morgan fingerprint density at radius 3 is 2.26 bits per heavy atom. The molecule has 0 heterocycles. The fraction of sp³-hybridized carbons (Fsp3) is 0.417. The van der Waals surface area contributed by atoms with Gasteiger partial charge in [-0.3, -0.25) is 14.4 Å². The summed E-state index contributed by atoms with van der Waals surface area (Å²) in [7, 11) is 0. The molecular formula is C36H40O7. The quantitative estimate of drug-likeness (QED) is 0.219. The second-order valence-electron chi connectivity index (χ2n) is 13.2. The van der Waals surface area contributed by atoms with Gasteiger partial charge in [0.25, 0.3) is 0 Å². The van der Waals surface area contributed by atoms with Crippen LogP contribution in [-0.4, -0.2) is 43.4 Å². The van der Waals surface area contributed by atoms with E-state index in [-0.39, 0.29) is 41.4 Å². The van der Waals surface area contributed by atoms with E-state index in [1.54, 1.807) is 6.07 Å².